The number of nitrogens with zero attached hydrogens (tertiary/aromatic N) is 2. The lowest BCUT2D eigenvalue weighted by Crippen LogP contribution is -2.65. The fraction of sp³-hybridized carbons (Fsp3) is 0.481. The Labute approximate surface area is 205 Å². The van der Waals surface area contributed by atoms with Gasteiger partial charge in [-0.05, 0) is 37.8 Å². The molecule has 3 heterocycles. The van der Waals surface area contributed by atoms with E-state index in [1.807, 2.05) is 35.8 Å². The number of hydrogen-bond donors (Lipinski definition) is 1. The zero-order valence-corrected chi connectivity index (χ0v) is 20.6. The predicted molar refractivity (Wildman–Crippen MR) is 132 cm³/mol. The van der Waals surface area contributed by atoms with Crippen LogP contribution in [0, 0.1) is 0 Å². The highest BCUT2D eigenvalue weighted by molar-refractivity contribution is 6.03. The number of aromatic nitrogens is 1. The van der Waals surface area contributed by atoms with Crippen LogP contribution in [0.25, 0.3) is 11.1 Å². The van der Waals surface area contributed by atoms with Gasteiger partial charge in [-0.15, -0.1) is 0 Å². The summed E-state index contributed by atoms with van der Waals surface area (Å²) in [5.41, 5.74) is 1.95. The van der Waals surface area contributed by atoms with Gasteiger partial charge in [0.1, 0.15) is 22.7 Å². The van der Waals surface area contributed by atoms with Crippen molar-refractivity contribution < 1.29 is 23.5 Å². The Bertz CT molecular complexity index is 1240. The minimum Gasteiger partial charge on any atom is -0.497 e. The number of furan rings is 1. The molecular weight excluding hydrogens is 446 g/mol. The number of fused-ring (bicyclic) bond motifs is 3. The molecule has 3 aromatic rings. The molecular formula is C27H33N3O5. The molecule has 186 valence electrons. The zero-order chi connectivity index (χ0) is 24.6. The van der Waals surface area contributed by atoms with Crippen LogP contribution in [0.3, 0.4) is 0 Å². The van der Waals surface area contributed by atoms with Crippen molar-refractivity contribution in [1.29, 1.82) is 0 Å². The smallest absolute Gasteiger partial charge is 0.271 e. The number of benzene rings is 1. The van der Waals surface area contributed by atoms with E-state index in [-0.39, 0.29) is 17.9 Å². The normalized spacial score (nSPS) is 20.7. The van der Waals surface area contributed by atoms with E-state index in [0.717, 1.165) is 36.8 Å². The summed E-state index contributed by atoms with van der Waals surface area (Å²) in [6.07, 6.45) is 7.59. The number of amides is 2. The molecule has 1 aliphatic carbocycles. The molecule has 1 aromatic carbocycles. The lowest BCUT2D eigenvalue weighted by Gasteiger charge is -2.45. The van der Waals surface area contributed by atoms with E-state index in [2.05, 4.69) is 5.32 Å². The Morgan fingerprint density at radius 1 is 1.14 bits per heavy atom. The number of methoxy groups -OCH3 is 2. The third-order valence-corrected chi connectivity index (χ3v) is 7.58. The summed E-state index contributed by atoms with van der Waals surface area (Å²) in [5.74, 6) is 1.13. The van der Waals surface area contributed by atoms with Crippen LogP contribution < -0.4 is 14.8 Å². The minimum atomic E-state index is -1.04. The quantitative estimate of drug-likeness (QED) is 0.550. The number of nitrogens with one attached hydrogen (secondary N) is 1. The van der Waals surface area contributed by atoms with Crippen LogP contribution in [-0.4, -0.2) is 53.6 Å². The summed E-state index contributed by atoms with van der Waals surface area (Å²) >= 11 is 0. The molecule has 0 saturated heterocycles. The van der Waals surface area contributed by atoms with Gasteiger partial charge in [-0.2, -0.15) is 0 Å². The van der Waals surface area contributed by atoms with Gasteiger partial charge in [0.05, 0.1) is 32.5 Å². The van der Waals surface area contributed by atoms with Crippen LogP contribution in [0.1, 0.15) is 55.1 Å². The van der Waals surface area contributed by atoms with Crippen LogP contribution in [0.2, 0.25) is 0 Å². The molecule has 2 aromatic heterocycles. The molecule has 8 nitrogen and oxygen atoms in total. The topological polar surface area (TPSA) is 85.9 Å². The first-order valence-corrected chi connectivity index (χ1v) is 12.3. The molecule has 0 bridgehead atoms. The van der Waals surface area contributed by atoms with Crippen molar-refractivity contribution in [1.82, 2.24) is 14.8 Å². The number of carbonyl (C=O) groups is 2. The molecule has 1 saturated carbocycles. The Balaban J connectivity index is 1.46. The molecule has 0 unspecified atom stereocenters. The Morgan fingerprint density at radius 3 is 2.69 bits per heavy atom. The van der Waals surface area contributed by atoms with Crippen LogP contribution in [0.15, 0.2) is 41.0 Å². The molecule has 8 heteroatoms. The van der Waals surface area contributed by atoms with Gasteiger partial charge in [-0.25, -0.2) is 0 Å². The van der Waals surface area contributed by atoms with Crippen molar-refractivity contribution in [2.24, 2.45) is 0 Å². The number of ether oxygens (including phenoxy) is 2. The molecule has 35 heavy (non-hydrogen) atoms. The highest BCUT2D eigenvalue weighted by Gasteiger charge is 2.48. The summed E-state index contributed by atoms with van der Waals surface area (Å²) in [5, 5.41) is 3.27. The van der Waals surface area contributed by atoms with Crippen molar-refractivity contribution in [3.05, 3.63) is 47.9 Å². The van der Waals surface area contributed by atoms with E-state index in [4.69, 9.17) is 13.9 Å². The maximum atomic E-state index is 13.8. The molecule has 1 aliphatic heterocycles. The summed E-state index contributed by atoms with van der Waals surface area (Å²) in [6, 6.07) is 9.44. The van der Waals surface area contributed by atoms with E-state index in [9.17, 15) is 9.59 Å². The number of carbonyl (C=O) groups excluding carboxylic acids is 2. The predicted octanol–water partition coefficient (Wildman–Crippen LogP) is 4.16. The average Bonchev–Trinajstić information content (AvgIpc) is 3.47. The van der Waals surface area contributed by atoms with Gasteiger partial charge in [0.2, 0.25) is 5.91 Å². The van der Waals surface area contributed by atoms with Gasteiger partial charge in [0.25, 0.3) is 5.91 Å². The monoisotopic (exact) mass is 479 g/mol. The second-order valence-corrected chi connectivity index (χ2v) is 9.75. The molecule has 5 rings (SSSR count). The fourth-order valence-corrected chi connectivity index (χ4v) is 5.50. The van der Waals surface area contributed by atoms with E-state index in [1.54, 1.807) is 31.4 Å². The van der Waals surface area contributed by atoms with Gasteiger partial charge in [-0.3, -0.25) is 9.59 Å². The first-order valence-electron chi connectivity index (χ1n) is 12.3. The second-order valence-electron chi connectivity index (χ2n) is 9.75. The van der Waals surface area contributed by atoms with Gasteiger partial charge in [0, 0.05) is 30.8 Å². The SMILES string of the molecule is COc1ccc(CCN2C(=O)c3cc4occc4n3C[C@]2(C)C(=O)NC2CCCCC2)c(OC)c1. The van der Waals surface area contributed by atoms with E-state index in [1.165, 1.54) is 6.42 Å². The Morgan fingerprint density at radius 2 is 1.94 bits per heavy atom. The minimum absolute atomic E-state index is 0.101. The van der Waals surface area contributed by atoms with Crippen molar-refractivity contribution >= 4 is 22.9 Å². The number of rotatable bonds is 7. The highest BCUT2D eigenvalue weighted by atomic mass is 16.5. The van der Waals surface area contributed by atoms with E-state index in [0.29, 0.717) is 42.3 Å². The summed E-state index contributed by atoms with van der Waals surface area (Å²) in [4.78, 5) is 29.3. The van der Waals surface area contributed by atoms with E-state index < -0.39 is 5.54 Å². The standard InChI is InChI=1S/C27H33N3O5/c1-27(26(32)28-19-7-5-4-6-8-19)17-29-21-12-14-35-24(21)16-22(29)25(31)30(27)13-11-18-9-10-20(33-2)15-23(18)34-3/h9-10,12,14-16,19H,4-8,11,13,17H2,1-3H3,(H,28,32)/t27-/m1/s1. The maximum Gasteiger partial charge on any atom is 0.271 e. The van der Waals surface area contributed by atoms with E-state index >= 15 is 0 Å². The lowest BCUT2D eigenvalue weighted by atomic mass is 9.91. The van der Waals surface area contributed by atoms with Crippen LogP contribution >= 0.6 is 0 Å². The first-order chi connectivity index (χ1) is 16.9. The van der Waals surface area contributed by atoms with Gasteiger partial charge >= 0.3 is 0 Å². The van der Waals surface area contributed by atoms with Crippen molar-refractivity contribution in [3.63, 3.8) is 0 Å². The average molecular weight is 480 g/mol. The second kappa shape index (κ2) is 9.32. The zero-order valence-electron chi connectivity index (χ0n) is 20.6. The summed E-state index contributed by atoms with van der Waals surface area (Å²) in [7, 11) is 3.23. The molecule has 2 aliphatic rings. The first kappa shape index (κ1) is 23.3. The third kappa shape index (κ3) is 4.15. The Hall–Kier alpha value is -3.42. The van der Waals surface area contributed by atoms with Crippen molar-refractivity contribution in [2.75, 3.05) is 20.8 Å². The molecule has 1 fully saturated rings. The molecule has 0 radical (unpaired) electrons. The van der Waals surface area contributed by atoms with Crippen molar-refractivity contribution in [3.8, 4) is 11.5 Å². The van der Waals surface area contributed by atoms with Crippen LogP contribution in [0.4, 0.5) is 0 Å². The van der Waals surface area contributed by atoms with Gasteiger partial charge in [0.15, 0.2) is 5.58 Å². The third-order valence-electron chi connectivity index (χ3n) is 7.58. The fourth-order valence-electron chi connectivity index (χ4n) is 5.50. The number of hydrogen-bond acceptors (Lipinski definition) is 5. The Kier molecular flexibility index (Phi) is 6.21. The molecule has 0 spiro atoms. The largest absolute Gasteiger partial charge is 0.497 e. The summed E-state index contributed by atoms with van der Waals surface area (Å²) < 4.78 is 18.4. The summed E-state index contributed by atoms with van der Waals surface area (Å²) in [6.45, 7) is 2.63. The maximum absolute atomic E-state index is 13.8. The van der Waals surface area contributed by atoms with Crippen LogP contribution in [0.5, 0.6) is 11.5 Å². The van der Waals surface area contributed by atoms with Crippen molar-refractivity contribution in [2.45, 2.75) is 63.6 Å². The molecule has 1 atom stereocenters. The molecule has 2 amide bonds. The van der Waals surface area contributed by atoms with Crippen LogP contribution in [-0.2, 0) is 17.8 Å². The lowest BCUT2D eigenvalue weighted by molar-refractivity contribution is -0.133. The molecule has 1 N–H and O–H groups in total. The van der Waals surface area contributed by atoms with Gasteiger partial charge < -0.3 is 28.7 Å². The van der Waals surface area contributed by atoms with Gasteiger partial charge in [-0.1, -0.05) is 25.3 Å². The highest BCUT2D eigenvalue weighted by Crippen LogP contribution is 2.34.